The molecule has 0 aromatic rings. The molecule has 0 aromatic carbocycles. The van der Waals surface area contributed by atoms with Crippen molar-refractivity contribution >= 4 is 5.97 Å². The number of carbonyl (C=O) groups is 1. The lowest BCUT2D eigenvalue weighted by atomic mass is 10.2. The van der Waals surface area contributed by atoms with Gasteiger partial charge in [0.05, 0.1) is 39.0 Å². The molecule has 0 rings (SSSR count). The molecule has 0 spiro atoms. The number of methoxy groups -OCH3 is 1. The van der Waals surface area contributed by atoms with Crippen LogP contribution in [0.4, 0.5) is 0 Å². The van der Waals surface area contributed by atoms with Gasteiger partial charge in [-0.05, 0) is 13.3 Å². The summed E-state index contributed by atoms with van der Waals surface area (Å²) in [6, 6.07) is 0. The molecule has 5 nitrogen and oxygen atoms in total. The maximum atomic E-state index is 10.8. The van der Waals surface area contributed by atoms with E-state index in [1.165, 1.54) is 7.11 Å². The van der Waals surface area contributed by atoms with Gasteiger partial charge in [-0.15, -0.1) is 0 Å². The molecule has 2 atom stereocenters. The number of aliphatic hydroxyl groups is 1. The number of aliphatic hydroxyl groups excluding tert-OH is 1. The minimum Gasteiger partial charge on any atom is -0.469 e. The number of esters is 1. The van der Waals surface area contributed by atoms with Gasteiger partial charge in [-0.3, -0.25) is 4.79 Å². The first-order chi connectivity index (χ1) is 8.10. The monoisotopic (exact) mass is 248 g/mol. The van der Waals surface area contributed by atoms with Crippen LogP contribution in [0, 0.1) is 0 Å². The van der Waals surface area contributed by atoms with Gasteiger partial charge in [0.2, 0.25) is 0 Å². The lowest BCUT2D eigenvalue weighted by molar-refractivity contribution is -0.142. The fourth-order valence-corrected chi connectivity index (χ4v) is 1.32. The second-order valence-electron chi connectivity index (χ2n) is 3.98. The molecule has 0 aliphatic heterocycles. The van der Waals surface area contributed by atoms with E-state index in [1.54, 1.807) is 6.92 Å². The third-order valence-electron chi connectivity index (χ3n) is 2.14. The van der Waals surface area contributed by atoms with E-state index in [9.17, 15) is 9.90 Å². The summed E-state index contributed by atoms with van der Waals surface area (Å²) in [4.78, 5) is 10.8. The van der Waals surface area contributed by atoms with Crippen molar-refractivity contribution in [1.82, 2.24) is 0 Å². The summed E-state index contributed by atoms with van der Waals surface area (Å²) in [6.45, 7) is 5.10. The standard InChI is InChI=1S/C12H24O5/c1-4-6-17-11(8-10(2)13)9-16-7-5-12(14)15-3/h10-11,13H,4-9H2,1-3H3. The highest BCUT2D eigenvalue weighted by molar-refractivity contribution is 5.69. The van der Waals surface area contributed by atoms with Gasteiger partial charge in [0.25, 0.3) is 0 Å². The van der Waals surface area contributed by atoms with Gasteiger partial charge in [-0.1, -0.05) is 6.92 Å². The molecular weight excluding hydrogens is 224 g/mol. The van der Waals surface area contributed by atoms with E-state index in [1.807, 2.05) is 6.92 Å². The van der Waals surface area contributed by atoms with Gasteiger partial charge in [0.1, 0.15) is 0 Å². The van der Waals surface area contributed by atoms with Crippen molar-refractivity contribution in [2.24, 2.45) is 0 Å². The van der Waals surface area contributed by atoms with Crippen molar-refractivity contribution in [3.05, 3.63) is 0 Å². The van der Waals surface area contributed by atoms with E-state index in [0.29, 0.717) is 26.2 Å². The highest BCUT2D eigenvalue weighted by Gasteiger charge is 2.12. The normalized spacial score (nSPS) is 14.4. The Hall–Kier alpha value is -0.650. The van der Waals surface area contributed by atoms with Gasteiger partial charge in [0.15, 0.2) is 0 Å². The van der Waals surface area contributed by atoms with Crippen LogP contribution in [-0.4, -0.2) is 50.2 Å². The molecule has 0 bridgehead atoms. The van der Waals surface area contributed by atoms with E-state index in [-0.39, 0.29) is 18.5 Å². The first kappa shape index (κ1) is 16.4. The third kappa shape index (κ3) is 10.2. The molecule has 0 fully saturated rings. The lowest BCUT2D eigenvalue weighted by Crippen LogP contribution is -2.25. The Kier molecular flexibility index (Phi) is 10.1. The number of carbonyl (C=O) groups excluding carboxylic acids is 1. The number of hydrogen-bond donors (Lipinski definition) is 1. The highest BCUT2D eigenvalue weighted by atomic mass is 16.5. The summed E-state index contributed by atoms with van der Waals surface area (Å²) in [6.07, 6.45) is 1.18. The van der Waals surface area contributed by atoms with Crippen molar-refractivity contribution in [2.45, 2.75) is 45.3 Å². The summed E-state index contributed by atoms with van der Waals surface area (Å²) in [5.74, 6) is -0.286. The molecule has 0 aromatic heterocycles. The molecule has 5 heteroatoms. The minimum atomic E-state index is -0.416. The maximum Gasteiger partial charge on any atom is 0.307 e. The molecular formula is C12H24O5. The molecule has 0 amide bonds. The van der Waals surface area contributed by atoms with Crippen LogP contribution in [0.25, 0.3) is 0 Å². The van der Waals surface area contributed by atoms with Crippen molar-refractivity contribution in [3.8, 4) is 0 Å². The summed E-state index contributed by atoms with van der Waals surface area (Å²) in [5, 5.41) is 9.30. The van der Waals surface area contributed by atoms with Crippen LogP contribution in [0.5, 0.6) is 0 Å². The largest absolute Gasteiger partial charge is 0.469 e. The zero-order valence-corrected chi connectivity index (χ0v) is 11.0. The second kappa shape index (κ2) is 10.5. The topological polar surface area (TPSA) is 65.0 Å². The van der Waals surface area contributed by atoms with Crippen LogP contribution >= 0.6 is 0 Å². The number of ether oxygens (including phenoxy) is 3. The quantitative estimate of drug-likeness (QED) is 0.464. The van der Waals surface area contributed by atoms with Gasteiger partial charge in [0, 0.05) is 13.0 Å². The van der Waals surface area contributed by atoms with Crippen LogP contribution in [0.1, 0.15) is 33.1 Å². The van der Waals surface area contributed by atoms with Gasteiger partial charge < -0.3 is 19.3 Å². The Bertz CT molecular complexity index is 193. The smallest absolute Gasteiger partial charge is 0.307 e. The highest BCUT2D eigenvalue weighted by Crippen LogP contribution is 2.05. The molecule has 0 heterocycles. The third-order valence-corrected chi connectivity index (χ3v) is 2.14. The second-order valence-corrected chi connectivity index (χ2v) is 3.98. The Morgan fingerprint density at radius 2 is 2.06 bits per heavy atom. The maximum absolute atomic E-state index is 10.8. The molecule has 1 N–H and O–H groups in total. The van der Waals surface area contributed by atoms with E-state index < -0.39 is 6.10 Å². The molecule has 0 radical (unpaired) electrons. The fourth-order valence-electron chi connectivity index (χ4n) is 1.32. The van der Waals surface area contributed by atoms with Gasteiger partial charge in [-0.2, -0.15) is 0 Å². The summed E-state index contributed by atoms with van der Waals surface area (Å²) < 4.78 is 15.4. The summed E-state index contributed by atoms with van der Waals surface area (Å²) in [7, 11) is 1.35. The average molecular weight is 248 g/mol. The Morgan fingerprint density at radius 1 is 1.35 bits per heavy atom. The van der Waals surface area contributed by atoms with Crippen LogP contribution in [-0.2, 0) is 19.0 Å². The van der Waals surface area contributed by atoms with Gasteiger partial charge >= 0.3 is 5.97 Å². The van der Waals surface area contributed by atoms with Crippen molar-refractivity contribution < 1.29 is 24.1 Å². The number of hydrogen-bond acceptors (Lipinski definition) is 5. The Morgan fingerprint density at radius 3 is 2.59 bits per heavy atom. The number of rotatable bonds is 10. The Balaban J connectivity index is 3.70. The molecule has 0 saturated heterocycles. The van der Waals surface area contributed by atoms with E-state index >= 15 is 0 Å². The minimum absolute atomic E-state index is 0.118. The Labute approximate surface area is 103 Å². The zero-order chi connectivity index (χ0) is 13.1. The van der Waals surface area contributed by atoms with E-state index in [0.717, 1.165) is 6.42 Å². The lowest BCUT2D eigenvalue weighted by Gasteiger charge is -2.19. The molecule has 102 valence electrons. The predicted molar refractivity (Wildman–Crippen MR) is 63.8 cm³/mol. The van der Waals surface area contributed by atoms with Crippen molar-refractivity contribution in [3.63, 3.8) is 0 Å². The first-order valence-electron chi connectivity index (χ1n) is 6.04. The fraction of sp³-hybridized carbons (Fsp3) is 0.917. The first-order valence-corrected chi connectivity index (χ1v) is 6.04. The van der Waals surface area contributed by atoms with Crippen LogP contribution in [0.2, 0.25) is 0 Å². The van der Waals surface area contributed by atoms with E-state index in [2.05, 4.69) is 4.74 Å². The van der Waals surface area contributed by atoms with Crippen LogP contribution in [0.3, 0.4) is 0 Å². The zero-order valence-electron chi connectivity index (χ0n) is 11.0. The SMILES string of the molecule is CCCOC(COCCC(=O)OC)CC(C)O. The average Bonchev–Trinajstić information content (AvgIpc) is 2.30. The van der Waals surface area contributed by atoms with Crippen molar-refractivity contribution in [1.29, 1.82) is 0 Å². The van der Waals surface area contributed by atoms with E-state index in [4.69, 9.17) is 9.47 Å². The predicted octanol–water partition coefficient (Wildman–Crippen LogP) is 1.13. The summed E-state index contributed by atoms with van der Waals surface area (Å²) in [5.41, 5.74) is 0. The van der Waals surface area contributed by atoms with Gasteiger partial charge in [-0.25, -0.2) is 0 Å². The molecule has 0 saturated carbocycles. The van der Waals surface area contributed by atoms with Crippen molar-refractivity contribution in [2.75, 3.05) is 26.9 Å². The molecule has 0 aliphatic carbocycles. The van der Waals surface area contributed by atoms with Crippen LogP contribution < -0.4 is 0 Å². The van der Waals surface area contributed by atoms with Crippen LogP contribution in [0.15, 0.2) is 0 Å². The molecule has 0 aliphatic rings. The molecule has 2 unspecified atom stereocenters. The molecule has 17 heavy (non-hydrogen) atoms. The summed E-state index contributed by atoms with van der Waals surface area (Å²) >= 11 is 0.